The fraction of sp³-hybridized carbons (Fsp3) is 0.455. The Hall–Kier alpha value is -1.27. The number of pyridine rings is 1. The fourth-order valence-corrected chi connectivity index (χ4v) is 2.73. The highest BCUT2D eigenvalue weighted by Gasteiger charge is 2.21. The maximum Gasteiger partial charge on any atom is 0.272 e. The van der Waals surface area contributed by atoms with Crippen LogP contribution in [0.4, 0.5) is 0 Å². The molecular weight excluding hydrogens is 238 g/mol. The number of hydrogen-bond acceptors (Lipinski definition) is 4. The Kier molecular flexibility index (Phi) is 3.86. The molecule has 0 aliphatic carbocycles. The third-order valence-electron chi connectivity index (χ3n) is 2.74. The number of carbonyl (C=O) groups is 1. The van der Waals surface area contributed by atoms with Crippen LogP contribution in [0.2, 0.25) is 0 Å². The van der Waals surface area contributed by atoms with Crippen molar-refractivity contribution in [3.05, 3.63) is 29.6 Å². The average Bonchev–Trinajstić information content (AvgIpc) is 2.39. The second kappa shape index (κ2) is 5.37. The first kappa shape index (κ1) is 12.2. The van der Waals surface area contributed by atoms with Crippen LogP contribution in [0, 0.1) is 0 Å². The van der Waals surface area contributed by atoms with E-state index in [9.17, 15) is 9.00 Å². The topological polar surface area (TPSA) is 76.3 Å². The van der Waals surface area contributed by atoms with Crippen LogP contribution in [0.3, 0.4) is 0 Å². The van der Waals surface area contributed by atoms with E-state index in [2.05, 4.69) is 4.98 Å². The van der Waals surface area contributed by atoms with Gasteiger partial charge in [0.1, 0.15) is 5.69 Å². The van der Waals surface area contributed by atoms with Gasteiger partial charge in [-0.2, -0.15) is 0 Å². The SMILES string of the molecule is NCc1ccc(C(=O)N2CCS(=O)CC2)nc1. The molecule has 2 heterocycles. The first-order chi connectivity index (χ1) is 8.20. The van der Waals surface area contributed by atoms with Crippen LogP contribution in [0.25, 0.3) is 0 Å². The number of nitrogens with zero attached hydrogens (tertiary/aromatic N) is 2. The van der Waals surface area contributed by atoms with Crippen molar-refractivity contribution in [2.45, 2.75) is 6.54 Å². The van der Waals surface area contributed by atoms with Gasteiger partial charge in [-0.3, -0.25) is 14.0 Å². The number of aromatic nitrogens is 1. The maximum atomic E-state index is 12.0. The minimum atomic E-state index is -0.770. The van der Waals surface area contributed by atoms with E-state index in [-0.39, 0.29) is 5.91 Å². The predicted octanol–water partition coefficient (Wildman–Crippen LogP) is -0.255. The quantitative estimate of drug-likeness (QED) is 0.788. The van der Waals surface area contributed by atoms with Crippen molar-refractivity contribution in [1.29, 1.82) is 0 Å². The molecule has 0 bridgehead atoms. The predicted molar refractivity (Wildman–Crippen MR) is 65.9 cm³/mol. The van der Waals surface area contributed by atoms with E-state index < -0.39 is 10.8 Å². The highest BCUT2D eigenvalue weighted by Crippen LogP contribution is 2.07. The van der Waals surface area contributed by atoms with Gasteiger partial charge < -0.3 is 10.6 Å². The lowest BCUT2D eigenvalue weighted by atomic mass is 10.2. The van der Waals surface area contributed by atoms with Crippen molar-refractivity contribution in [2.24, 2.45) is 5.73 Å². The van der Waals surface area contributed by atoms with Gasteiger partial charge in [0.25, 0.3) is 5.91 Å². The molecule has 1 aromatic rings. The van der Waals surface area contributed by atoms with Crippen LogP contribution < -0.4 is 5.73 Å². The summed E-state index contributed by atoms with van der Waals surface area (Å²) in [5.41, 5.74) is 6.79. The van der Waals surface area contributed by atoms with E-state index in [0.29, 0.717) is 36.8 Å². The van der Waals surface area contributed by atoms with Gasteiger partial charge in [-0.05, 0) is 11.6 Å². The molecule has 0 saturated carbocycles. The number of amides is 1. The summed E-state index contributed by atoms with van der Waals surface area (Å²) in [6.45, 7) is 1.52. The maximum absolute atomic E-state index is 12.0. The summed E-state index contributed by atoms with van der Waals surface area (Å²) in [7, 11) is -0.770. The lowest BCUT2D eigenvalue weighted by molar-refractivity contribution is 0.0765. The Bertz CT molecular complexity index is 423. The zero-order valence-corrected chi connectivity index (χ0v) is 10.3. The van der Waals surface area contributed by atoms with Crippen LogP contribution in [0.5, 0.6) is 0 Å². The van der Waals surface area contributed by atoms with Gasteiger partial charge in [0.2, 0.25) is 0 Å². The lowest BCUT2D eigenvalue weighted by Crippen LogP contribution is -2.42. The summed E-state index contributed by atoms with van der Waals surface area (Å²) < 4.78 is 11.2. The van der Waals surface area contributed by atoms with Crippen molar-refractivity contribution in [1.82, 2.24) is 9.88 Å². The van der Waals surface area contributed by atoms with Gasteiger partial charge in [-0.1, -0.05) is 6.07 Å². The van der Waals surface area contributed by atoms with Crippen LogP contribution >= 0.6 is 0 Å². The van der Waals surface area contributed by atoms with Crippen molar-refractivity contribution >= 4 is 16.7 Å². The molecule has 1 aliphatic rings. The monoisotopic (exact) mass is 253 g/mol. The summed E-state index contributed by atoms with van der Waals surface area (Å²) >= 11 is 0. The Labute approximate surface area is 102 Å². The summed E-state index contributed by atoms with van der Waals surface area (Å²) in [5.74, 6) is 1.03. The van der Waals surface area contributed by atoms with E-state index in [1.165, 1.54) is 0 Å². The molecule has 0 aromatic carbocycles. The summed E-state index contributed by atoms with van der Waals surface area (Å²) in [4.78, 5) is 17.8. The third-order valence-corrected chi connectivity index (χ3v) is 4.02. The molecule has 1 fully saturated rings. The smallest absolute Gasteiger partial charge is 0.272 e. The Morgan fingerprint density at radius 3 is 2.65 bits per heavy atom. The third kappa shape index (κ3) is 2.89. The molecule has 0 unspecified atom stereocenters. The molecule has 0 radical (unpaired) electrons. The van der Waals surface area contributed by atoms with Crippen LogP contribution in [0.1, 0.15) is 16.1 Å². The van der Waals surface area contributed by atoms with E-state index >= 15 is 0 Å². The molecule has 2 N–H and O–H groups in total. The molecule has 1 saturated heterocycles. The number of hydrogen-bond donors (Lipinski definition) is 1. The molecule has 17 heavy (non-hydrogen) atoms. The van der Waals surface area contributed by atoms with Gasteiger partial charge >= 0.3 is 0 Å². The minimum Gasteiger partial charge on any atom is -0.335 e. The summed E-state index contributed by atoms with van der Waals surface area (Å²) in [6.07, 6.45) is 1.62. The number of rotatable bonds is 2. The standard InChI is InChI=1S/C11H15N3O2S/c12-7-9-1-2-10(13-8-9)11(15)14-3-5-17(16)6-4-14/h1-2,8H,3-7,12H2. The molecule has 5 nitrogen and oxygen atoms in total. The van der Waals surface area contributed by atoms with Crippen molar-refractivity contribution in [3.63, 3.8) is 0 Å². The molecular formula is C11H15N3O2S. The van der Waals surface area contributed by atoms with Crippen molar-refractivity contribution in [3.8, 4) is 0 Å². The van der Waals surface area contributed by atoms with Crippen molar-refractivity contribution in [2.75, 3.05) is 24.6 Å². The molecule has 1 aliphatic heterocycles. The van der Waals surface area contributed by atoms with E-state index in [1.807, 2.05) is 6.07 Å². The van der Waals surface area contributed by atoms with E-state index in [4.69, 9.17) is 5.73 Å². The summed E-state index contributed by atoms with van der Waals surface area (Å²) in [5, 5.41) is 0. The first-order valence-corrected chi connectivity index (χ1v) is 6.99. The molecule has 0 atom stereocenters. The van der Waals surface area contributed by atoms with Gasteiger partial charge in [0.15, 0.2) is 0 Å². The molecule has 2 rings (SSSR count). The lowest BCUT2D eigenvalue weighted by Gasteiger charge is -2.25. The van der Waals surface area contributed by atoms with Crippen LogP contribution in [-0.2, 0) is 17.3 Å². The Morgan fingerprint density at radius 2 is 2.12 bits per heavy atom. The summed E-state index contributed by atoms with van der Waals surface area (Å²) in [6, 6.07) is 3.50. The van der Waals surface area contributed by atoms with Gasteiger partial charge in [0, 0.05) is 48.1 Å². The zero-order chi connectivity index (χ0) is 12.3. The second-order valence-corrected chi connectivity index (χ2v) is 5.59. The van der Waals surface area contributed by atoms with Crippen LogP contribution in [-0.4, -0.2) is 44.6 Å². The highest BCUT2D eigenvalue weighted by molar-refractivity contribution is 7.85. The van der Waals surface area contributed by atoms with Crippen LogP contribution in [0.15, 0.2) is 18.3 Å². The molecule has 1 amide bonds. The first-order valence-electron chi connectivity index (χ1n) is 5.50. The van der Waals surface area contributed by atoms with E-state index in [1.54, 1.807) is 17.2 Å². The largest absolute Gasteiger partial charge is 0.335 e. The van der Waals surface area contributed by atoms with Crippen molar-refractivity contribution < 1.29 is 9.00 Å². The van der Waals surface area contributed by atoms with E-state index in [0.717, 1.165) is 5.56 Å². The number of nitrogens with two attached hydrogens (primary N) is 1. The molecule has 1 aromatic heterocycles. The van der Waals surface area contributed by atoms with Gasteiger partial charge in [0.05, 0.1) is 0 Å². The average molecular weight is 253 g/mol. The molecule has 6 heteroatoms. The van der Waals surface area contributed by atoms with Gasteiger partial charge in [-0.25, -0.2) is 0 Å². The Balaban J connectivity index is 2.05. The second-order valence-electron chi connectivity index (χ2n) is 3.90. The fourth-order valence-electron chi connectivity index (χ4n) is 1.67. The minimum absolute atomic E-state index is 0.0923. The molecule has 92 valence electrons. The molecule has 0 spiro atoms. The zero-order valence-electron chi connectivity index (χ0n) is 9.46. The highest BCUT2D eigenvalue weighted by atomic mass is 32.2. The normalized spacial score (nSPS) is 17.1. The van der Waals surface area contributed by atoms with Gasteiger partial charge in [-0.15, -0.1) is 0 Å². The Morgan fingerprint density at radius 1 is 1.41 bits per heavy atom. The number of carbonyl (C=O) groups excluding carboxylic acids is 1.